The lowest BCUT2D eigenvalue weighted by molar-refractivity contribution is -0.117. The summed E-state index contributed by atoms with van der Waals surface area (Å²) in [6, 6.07) is 6.42. The van der Waals surface area contributed by atoms with Crippen molar-refractivity contribution >= 4 is 11.6 Å². The van der Waals surface area contributed by atoms with Crippen molar-refractivity contribution in [2.24, 2.45) is 11.7 Å². The van der Waals surface area contributed by atoms with Crippen molar-refractivity contribution in [3.05, 3.63) is 29.3 Å². The van der Waals surface area contributed by atoms with Crippen molar-refractivity contribution in [1.82, 2.24) is 4.90 Å². The highest BCUT2D eigenvalue weighted by Gasteiger charge is 2.33. The predicted molar refractivity (Wildman–Crippen MR) is 82.7 cm³/mol. The van der Waals surface area contributed by atoms with E-state index in [1.54, 1.807) is 0 Å². The molecule has 1 fully saturated rings. The molecule has 4 nitrogen and oxygen atoms in total. The Morgan fingerprint density at radius 1 is 1.45 bits per heavy atom. The molecule has 4 heteroatoms. The number of hydrogen-bond donors (Lipinski definition) is 2. The molecular formula is C16H25N3O. The van der Waals surface area contributed by atoms with E-state index >= 15 is 0 Å². The Hall–Kier alpha value is -1.39. The number of benzene rings is 1. The molecule has 1 atom stereocenters. The topological polar surface area (TPSA) is 58.4 Å². The zero-order valence-electron chi connectivity index (χ0n) is 12.6. The monoisotopic (exact) mass is 275 g/mol. The summed E-state index contributed by atoms with van der Waals surface area (Å²) in [5.74, 6) is 0.707. The van der Waals surface area contributed by atoms with Crippen LogP contribution in [0, 0.1) is 19.8 Å². The molecule has 0 aromatic heterocycles. The fourth-order valence-corrected chi connectivity index (χ4v) is 2.62. The average molecular weight is 275 g/mol. The van der Waals surface area contributed by atoms with E-state index < -0.39 is 0 Å². The second kappa shape index (κ2) is 6.37. The maximum atomic E-state index is 12.2. The summed E-state index contributed by atoms with van der Waals surface area (Å²) in [5, 5.41) is 3.00. The van der Waals surface area contributed by atoms with Crippen LogP contribution in [0.4, 0.5) is 5.69 Å². The van der Waals surface area contributed by atoms with Gasteiger partial charge in [-0.25, -0.2) is 0 Å². The molecule has 1 aliphatic carbocycles. The van der Waals surface area contributed by atoms with Gasteiger partial charge in [0.25, 0.3) is 0 Å². The van der Waals surface area contributed by atoms with Crippen molar-refractivity contribution < 1.29 is 4.79 Å². The third-order valence-electron chi connectivity index (χ3n) is 4.03. The van der Waals surface area contributed by atoms with Gasteiger partial charge in [0, 0.05) is 18.3 Å². The Labute approximate surface area is 121 Å². The van der Waals surface area contributed by atoms with E-state index in [9.17, 15) is 4.79 Å². The smallest absolute Gasteiger partial charge is 0.238 e. The van der Waals surface area contributed by atoms with E-state index in [1.165, 1.54) is 12.8 Å². The van der Waals surface area contributed by atoms with Crippen molar-refractivity contribution in [1.29, 1.82) is 0 Å². The molecule has 0 bridgehead atoms. The molecule has 20 heavy (non-hydrogen) atoms. The first kappa shape index (κ1) is 15.0. The minimum Gasteiger partial charge on any atom is -0.329 e. The Kier molecular flexibility index (Phi) is 4.78. The van der Waals surface area contributed by atoms with E-state index in [1.807, 2.05) is 33.0 Å². The maximum Gasteiger partial charge on any atom is 0.238 e. The van der Waals surface area contributed by atoms with Crippen LogP contribution in [0.2, 0.25) is 0 Å². The summed E-state index contributed by atoms with van der Waals surface area (Å²) in [7, 11) is 1.98. The molecule has 1 saturated carbocycles. The molecule has 1 unspecified atom stereocenters. The van der Waals surface area contributed by atoms with Gasteiger partial charge in [-0.15, -0.1) is 0 Å². The first-order valence-corrected chi connectivity index (χ1v) is 7.28. The zero-order chi connectivity index (χ0) is 14.7. The third kappa shape index (κ3) is 3.81. The van der Waals surface area contributed by atoms with Crippen LogP contribution in [-0.2, 0) is 4.79 Å². The highest BCUT2D eigenvalue weighted by Crippen LogP contribution is 2.34. The molecule has 2 rings (SSSR count). The molecule has 1 amide bonds. The molecule has 110 valence electrons. The van der Waals surface area contributed by atoms with Gasteiger partial charge in [0.05, 0.1) is 6.54 Å². The summed E-state index contributed by atoms with van der Waals surface area (Å²) < 4.78 is 0. The van der Waals surface area contributed by atoms with Gasteiger partial charge < -0.3 is 11.1 Å². The first-order valence-electron chi connectivity index (χ1n) is 7.28. The fraction of sp³-hybridized carbons (Fsp3) is 0.562. The van der Waals surface area contributed by atoms with Crippen molar-refractivity contribution in [2.75, 3.05) is 25.5 Å². The van der Waals surface area contributed by atoms with Crippen LogP contribution in [-0.4, -0.2) is 37.0 Å². The molecule has 0 radical (unpaired) electrons. The van der Waals surface area contributed by atoms with E-state index in [0.717, 1.165) is 16.8 Å². The quantitative estimate of drug-likeness (QED) is 0.834. The number of aryl methyl sites for hydroxylation is 2. The Bertz CT molecular complexity index is 483. The van der Waals surface area contributed by atoms with Crippen molar-refractivity contribution in [3.8, 4) is 0 Å². The summed E-state index contributed by atoms with van der Waals surface area (Å²) in [6.07, 6.45) is 2.48. The van der Waals surface area contributed by atoms with Crippen molar-refractivity contribution in [3.63, 3.8) is 0 Å². The lowest BCUT2D eigenvalue weighted by atomic mass is 10.1. The number of amides is 1. The molecule has 3 N–H and O–H groups in total. The second-order valence-corrected chi connectivity index (χ2v) is 5.92. The Balaban J connectivity index is 1.93. The fourth-order valence-electron chi connectivity index (χ4n) is 2.62. The summed E-state index contributed by atoms with van der Waals surface area (Å²) in [4.78, 5) is 14.2. The third-order valence-corrected chi connectivity index (χ3v) is 4.03. The molecular weight excluding hydrogens is 250 g/mol. The number of nitrogens with zero attached hydrogens (tertiary/aromatic N) is 1. The summed E-state index contributed by atoms with van der Waals surface area (Å²) in [5.41, 5.74) is 8.95. The standard InChI is InChI=1S/C16H25N3O/c1-11-4-5-12(2)14(8-11)18-16(20)10-19(3)15(9-17)13-6-7-13/h4-5,8,13,15H,6-7,9-10,17H2,1-3H3,(H,18,20). The van der Waals surface area contributed by atoms with Gasteiger partial charge in [0.15, 0.2) is 0 Å². The highest BCUT2D eigenvalue weighted by molar-refractivity contribution is 5.93. The van der Waals surface area contributed by atoms with Crippen molar-refractivity contribution in [2.45, 2.75) is 32.7 Å². The molecule has 1 aromatic carbocycles. The minimum absolute atomic E-state index is 0.0281. The van der Waals surface area contributed by atoms with E-state index in [-0.39, 0.29) is 5.91 Å². The lowest BCUT2D eigenvalue weighted by Gasteiger charge is -2.26. The van der Waals surface area contributed by atoms with Gasteiger partial charge in [0.1, 0.15) is 0 Å². The molecule has 1 aromatic rings. The average Bonchev–Trinajstić information content (AvgIpc) is 3.19. The number of nitrogens with two attached hydrogens (primary N) is 1. The number of hydrogen-bond acceptors (Lipinski definition) is 3. The Morgan fingerprint density at radius 2 is 2.15 bits per heavy atom. The maximum absolute atomic E-state index is 12.2. The van der Waals surface area contributed by atoms with Crippen LogP contribution in [0.15, 0.2) is 18.2 Å². The van der Waals surface area contributed by atoms with Crippen LogP contribution in [0.5, 0.6) is 0 Å². The van der Waals surface area contributed by atoms with E-state index in [0.29, 0.717) is 25.0 Å². The van der Waals surface area contributed by atoms with Crippen LogP contribution >= 0.6 is 0 Å². The normalized spacial score (nSPS) is 16.2. The molecule has 1 aliphatic rings. The summed E-state index contributed by atoms with van der Waals surface area (Å²) >= 11 is 0. The van der Waals surface area contributed by atoms with Gasteiger partial charge in [-0.1, -0.05) is 12.1 Å². The van der Waals surface area contributed by atoms with Crippen LogP contribution in [0.3, 0.4) is 0 Å². The summed E-state index contributed by atoms with van der Waals surface area (Å²) in [6.45, 7) is 5.05. The number of carbonyl (C=O) groups excluding carboxylic acids is 1. The highest BCUT2D eigenvalue weighted by atomic mass is 16.2. The zero-order valence-corrected chi connectivity index (χ0v) is 12.6. The van der Waals surface area contributed by atoms with E-state index in [4.69, 9.17) is 5.73 Å². The number of nitrogens with one attached hydrogen (secondary N) is 1. The van der Waals surface area contributed by atoms with Gasteiger partial charge >= 0.3 is 0 Å². The SMILES string of the molecule is Cc1ccc(C)c(NC(=O)CN(C)C(CN)C2CC2)c1. The van der Waals surface area contributed by atoms with Gasteiger partial charge in [-0.05, 0) is 56.8 Å². The molecule has 0 saturated heterocycles. The number of carbonyl (C=O) groups is 1. The van der Waals surface area contributed by atoms with Crippen LogP contribution in [0.1, 0.15) is 24.0 Å². The first-order chi connectivity index (χ1) is 9.51. The number of rotatable bonds is 6. The molecule has 0 heterocycles. The van der Waals surface area contributed by atoms with E-state index in [2.05, 4.69) is 16.3 Å². The van der Waals surface area contributed by atoms with Gasteiger partial charge in [-0.2, -0.15) is 0 Å². The van der Waals surface area contributed by atoms with Crippen LogP contribution in [0.25, 0.3) is 0 Å². The van der Waals surface area contributed by atoms with Crippen LogP contribution < -0.4 is 11.1 Å². The minimum atomic E-state index is 0.0281. The Morgan fingerprint density at radius 3 is 2.75 bits per heavy atom. The number of anilines is 1. The molecule has 0 aliphatic heterocycles. The lowest BCUT2D eigenvalue weighted by Crippen LogP contribution is -2.43. The van der Waals surface area contributed by atoms with Gasteiger partial charge in [0.2, 0.25) is 5.91 Å². The number of likely N-dealkylation sites (N-methyl/N-ethyl adjacent to an activating group) is 1. The predicted octanol–water partition coefficient (Wildman–Crippen LogP) is 1.91. The molecule has 0 spiro atoms. The largest absolute Gasteiger partial charge is 0.329 e. The van der Waals surface area contributed by atoms with Gasteiger partial charge in [-0.3, -0.25) is 9.69 Å². The second-order valence-electron chi connectivity index (χ2n) is 5.92.